The van der Waals surface area contributed by atoms with Crippen molar-refractivity contribution in [3.63, 3.8) is 0 Å². The molecular weight excluding hydrogens is 336 g/mol. The van der Waals surface area contributed by atoms with Crippen LogP contribution in [0.15, 0.2) is 16.7 Å². The Morgan fingerprint density at radius 3 is 3.05 bits per heavy atom. The molecule has 2 amide bonds. The van der Waals surface area contributed by atoms with Gasteiger partial charge in [0, 0.05) is 36.2 Å². The fourth-order valence-corrected chi connectivity index (χ4v) is 2.45. The van der Waals surface area contributed by atoms with Gasteiger partial charge in [-0.1, -0.05) is 6.92 Å². The van der Waals surface area contributed by atoms with Gasteiger partial charge in [0.15, 0.2) is 0 Å². The van der Waals surface area contributed by atoms with Crippen LogP contribution in [0.5, 0.6) is 0 Å². The Labute approximate surface area is 132 Å². The topological polar surface area (TPSA) is 83.1 Å². The van der Waals surface area contributed by atoms with Crippen LogP contribution in [0.1, 0.15) is 36.5 Å². The summed E-state index contributed by atoms with van der Waals surface area (Å²) in [6.45, 7) is 3.29. The average molecular weight is 355 g/mol. The number of halogens is 1. The summed E-state index contributed by atoms with van der Waals surface area (Å²) < 4.78 is 0.756. The van der Waals surface area contributed by atoms with Gasteiger partial charge in [0.2, 0.25) is 5.91 Å². The monoisotopic (exact) mass is 354 g/mol. The van der Waals surface area contributed by atoms with Gasteiger partial charge in [0.05, 0.1) is 5.56 Å². The number of hydrogen-bond acceptors (Lipinski definition) is 4. The summed E-state index contributed by atoms with van der Waals surface area (Å²) in [5.74, 6) is 0.441. The van der Waals surface area contributed by atoms with Gasteiger partial charge in [-0.05, 0) is 34.8 Å². The van der Waals surface area contributed by atoms with Crippen molar-refractivity contribution in [2.24, 2.45) is 0 Å². The molecule has 1 aliphatic rings. The van der Waals surface area contributed by atoms with E-state index in [1.165, 1.54) is 0 Å². The van der Waals surface area contributed by atoms with Crippen molar-refractivity contribution in [3.05, 3.63) is 22.3 Å². The average Bonchev–Trinajstić information content (AvgIpc) is 2.48. The van der Waals surface area contributed by atoms with Crippen LogP contribution in [0.25, 0.3) is 0 Å². The van der Waals surface area contributed by atoms with E-state index in [0.717, 1.165) is 17.4 Å². The summed E-state index contributed by atoms with van der Waals surface area (Å²) >= 11 is 3.34. The first-order valence-electron chi connectivity index (χ1n) is 7.07. The number of pyridine rings is 1. The van der Waals surface area contributed by atoms with Gasteiger partial charge in [-0.25, -0.2) is 4.98 Å². The second-order valence-electron chi connectivity index (χ2n) is 4.99. The van der Waals surface area contributed by atoms with Crippen LogP contribution < -0.4 is 16.0 Å². The molecule has 0 radical (unpaired) electrons. The first-order valence-corrected chi connectivity index (χ1v) is 7.86. The van der Waals surface area contributed by atoms with E-state index in [1.807, 2.05) is 0 Å². The van der Waals surface area contributed by atoms with Crippen molar-refractivity contribution in [3.8, 4) is 0 Å². The number of nitrogens with zero attached hydrogens (tertiary/aromatic N) is 1. The quantitative estimate of drug-likeness (QED) is 0.751. The van der Waals surface area contributed by atoms with Gasteiger partial charge in [-0.2, -0.15) is 0 Å². The predicted octanol–water partition coefficient (Wildman–Crippen LogP) is 1.67. The predicted molar refractivity (Wildman–Crippen MR) is 84.2 cm³/mol. The van der Waals surface area contributed by atoms with Crippen molar-refractivity contribution >= 4 is 33.6 Å². The van der Waals surface area contributed by atoms with E-state index in [4.69, 9.17) is 0 Å². The molecule has 1 aliphatic heterocycles. The Morgan fingerprint density at radius 2 is 2.38 bits per heavy atom. The highest BCUT2D eigenvalue weighted by Gasteiger charge is 2.22. The fourth-order valence-electron chi connectivity index (χ4n) is 2.12. The van der Waals surface area contributed by atoms with Crippen molar-refractivity contribution in [1.82, 2.24) is 15.6 Å². The minimum Gasteiger partial charge on any atom is -0.369 e. The number of rotatable bonds is 5. The molecule has 1 aromatic rings. The number of carbonyl (C=O) groups excluding carboxylic acids is 2. The van der Waals surface area contributed by atoms with Crippen molar-refractivity contribution in [2.45, 2.75) is 32.2 Å². The molecule has 2 rings (SSSR count). The van der Waals surface area contributed by atoms with Crippen molar-refractivity contribution in [1.29, 1.82) is 0 Å². The van der Waals surface area contributed by atoms with Crippen LogP contribution in [0.2, 0.25) is 0 Å². The Morgan fingerprint density at radius 1 is 1.57 bits per heavy atom. The molecule has 2 heterocycles. The highest BCUT2D eigenvalue weighted by atomic mass is 79.9. The second kappa shape index (κ2) is 7.40. The summed E-state index contributed by atoms with van der Waals surface area (Å²) in [6, 6.07) is 1.72. The van der Waals surface area contributed by atoms with Crippen molar-refractivity contribution in [2.75, 3.05) is 18.4 Å². The molecule has 3 N–H and O–H groups in total. The zero-order valence-corrected chi connectivity index (χ0v) is 13.5. The Balaban J connectivity index is 2.06. The number of aromatic nitrogens is 1. The van der Waals surface area contributed by atoms with Crippen LogP contribution in [0.3, 0.4) is 0 Å². The lowest BCUT2D eigenvalue weighted by molar-refractivity contribution is -0.122. The Hall–Kier alpha value is -1.63. The normalized spacial score (nSPS) is 18.0. The molecule has 1 fully saturated rings. The second-order valence-corrected chi connectivity index (χ2v) is 5.91. The van der Waals surface area contributed by atoms with E-state index < -0.39 is 0 Å². The van der Waals surface area contributed by atoms with Crippen LogP contribution >= 0.6 is 15.9 Å². The maximum atomic E-state index is 12.4. The van der Waals surface area contributed by atoms with Crippen LogP contribution in [-0.2, 0) is 4.79 Å². The highest BCUT2D eigenvalue weighted by molar-refractivity contribution is 9.10. The molecule has 21 heavy (non-hydrogen) atoms. The standard InChI is InChI=1S/C14H19BrN4O2/c1-2-5-16-13-11(6-9(15)7-18-13)14(21)19-10-3-4-12(20)17-8-10/h6-7,10H,2-5,8H2,1H3,(H,16,18)(H,17,20)(H,19,21). The molecule has 0 spiro atoms. The molecule has 0 bridgehead atoms. The number of carbonyl (C=O) groups is 2. The zero-order chi connectivity index (χ0) is 15.2. The van der Waals surface area contributed by atoms with E-state index in [-0.39, 0.29) is 17.9 Å². The molecule has 1 atom stereocenters. The first kappa shape index (κ1) is 15.8. The van der Waals surface area contributed by atoms with E-state index in [1.54, 1.807) is 12.3 Å². The third-order valence-corrected chi connectivity index (χ3v) is 3.68. The Bertz CT molecular complexity index is 526. The van der Waals surface area contributed by atoms with Gasteiger partial charge in [0.1, 0.15) is 5.82 Å². The maximum absolute atomic E-state index is 12.4. The number of nitrogens with one attached hydrogen (secondary N) is 3. The lowest BCUT2D eigenvalue weighted by Crippen LogP contribution is -2.47. The van der Waals surface area contributed by atoms with Crippen LogP contribution in [-0.4, -0.2) is 35.9 Å². The molecule has 1 saturated heterocycles. The molecule has 6 nitrogen and oxygen atoms in total. The smallest absolute Gasteiger partial charge is 0.255 e. The van der Waals surface area contributed by atoms with E-state index >= 15 is 0 Å². The fraction of sp³-hybridized carbons (Fsp3) is 0.500. The first-order chi connectivity index (χ1) is 10.1. The molecule has 0 aliphatic carbocycles. The Kier molecular flexibility index (Phi) is 5.55. The molecular formula is C14H19BrN4O2. The summed E-state index contributed by atoms with van der Waals surface area (Å²) in [5, 5.41) is 8.85. The van der Waals surface area contributed by atoms with Gasteiger partial charge in [0.25, 0.3) is 5.91 Å². The van der Waals surface area contributed by atoms with Gasteiger partial charge in [-0.15, -0.1) is 0 Å². The number of hydrogen-bond donors (Lipinski definition) is 3. The van der Waals surface area contributed by atoms with E-state index in [9.17, 15) is 9.59 Å². The highest BCUT2D eigenvalue weighted by Crippen LogP contribution is 2.18. The summed E-state index contributed by atoms with van der Waals surface area (Å²) in [4.78, 5) is 27.8. The summed E-state index contributed by atoms with van der Waals surface area (Å²) in [6.07, 6.45) is 3.72. The molecule has 0 saturated carbocycles. The van der Waals surface area contributed by atoms with Gasteiger partial charge < -0.3 is 16.0 Å². The summed E-state index contributed by atoms with van der Waals surface area (Å²) in [5.41, 5.74) is 0.509. The van der Waals surface area contributed by atoms with Crippen LogP contribution in [0.4, 0.5) is 5.82 Å². The maximum Gasteiger partial charge on any atom is 0.255 e. The number of anilines is 1. The van der Waals surface area contributed by atoms with Crippen LogP contribution in [0, 0.1) is 0 Å². The molecule has 1 aromatic heterocycles. The molecule has 1 unspecified atom stereocenters. The largest absolute Gasteiger partial charge is 0.369 e. The van der Waals surface area contributed by atoms with Crippen molar-refractivity contribution < 1.29 is 9.59 Å². The lowest BCUT2D eigenvalue weighted by atomic mass is 10.1. The molecule has 0 aromatic carbocycles. The SMILES string of the molecule is CCCNc1ncc(Br)cc1C(=O)NC1CCC(=O)NC1. The molecule has 7 heteroatoms. The third kappa shape index (κ3) is 4.42. The van der Waals surface area contributed by atoms with E-state index in [2.05, 4.69) is 43.8 Å². The summed E-state index contributed by atoms with van der Waals surface area (Å²) in [7, 11) is 0. The molecule has 114 valence electrons. The zero-order valence-electron chi connectivity index (χ0n) is 11.9. The minimum absolute atomic E-state index is 0.0341. The van der Waals surface area contributed by atoms with Gasteiger partial charge >= 0.3 is 0 Å². The number of amides is 2. The van der Waals surface area contributed by atoms with E-state index in [0.29, 0.717) is 30.8 Å². The number of piperidine rings is 1. The lowest BCUT2D eigenvalue weighted by Gasteiger charge is -2.23. The third-order valence-electron chi connectivity index (χ3n) is 3.24. The van der Waals surface area contributed by atoms with Gasteiger partial charge in [-0.3, -0.25) is 9.59 Å². The minimum atomic E-state index is -0.177.